The Hall–Kier alpha value is -1.65. The van der Waals surface area contributed by atoms with Crippen molar-refractivity contribution in [1.29, 1.82) is 0 Å². The Kier molecular flexibility index (Phi) is 4.03. The van der Waals surface area contributed by atoms with Gasteiger partial charge >= 0.3 is 6.61 Å². The average molecular weight is 215 g/mol. The number of alkyl halides is 2. The third-order valence-electron chi connectivity index (χ3n) is 1.70. The van der Waals surface area contributed by atoms with Crippen LogP contribution >= 0.6 is 0 Å². The van der Waals surface area contributed by atoms with Crippen LogP contribution in [0.3, 0.4) is 0 Å². The zero-order valence-corrected chi connectivity index (χ0v) is 8.17. The van der Waals surface area contributed by atoms with Crippen molar-refractivity contribution in [1.82, 2.24) is 0 Å². The Morgan fingerprint density at radius 3 is 2.73 bits per heavy atom. The summed E-state index contributed by atoms with van der Waals surface area (Å²) in [4.78, 5) is 11.1. The van der Waals surface area contributed by atoms with Gasteiger partial charge in [0.25, 0.3) is 0 Å². The molecule has 0 spiro atoms. The van der Waals surface area contributed by atoms with Crippen molar-refractivity contribution in [2.75, 3.05) is 5.32 Å². The van der Waals surface area contributed by atoms with Gasteiger partial charge in [0, 0.05) is 6.42 Å². The monoisotopic (exact) mass is 215 g/mol. The molecule has 0 saturated carbocycles. The number of ether oxygens (including phenoxy) is 1. The van der Waals surface area contributed by atoms with E-state index in [-0.39, 0.29) is 23.8 Å². The fraction of sp³-hybridized carbons (Fsp3) is 0.300. The maximum Gasteiger partial charge on any atom is 0.387 e. The van der Waals surface area contributed by atoms with Gasteiger partial charge in [-0.05, 0) is 12.1 Å². The second-order valence-corrected chi connectivity index (χ2v) is 2.78. The molecule has 0 bridgehead atoms. The summed E-state index contributed by atoms with van der Waals surface area (Å²) in [5, 5.41) is 2.47. The topological polar surface area (TPSA) is 38.3 Å². The summed E-state index contributed by atoms with van der Waals surface area (Å²) in [6.45, 7) is -1.23. The van der Waals surface area contributed by atoms with E-state index in [0.717, 1.165) is 0 Å². The van der Waals surface area contributed by atoms with Gasteiger partial charge in [-0.2, -0.15) is 8.78 Å². The molecular weight excluding hydrogens is 204 g/mol. The first-order valence-electron chi connectivity index (χ1n) is 4.47. The van der Waals surface area contributed by atoms with Crippen LogP contribution in [0.2, 0.25) is 0 Å². The molecule has 1 rings (SSSR count). The number of amides is 1. The molecule has 0 unspecified atom stereocenters. The highest BCUT2D eigenvalue weighted by Gasteiger charge is 2.10. The minimum Gasteiger partial charge on any atom is -0.433 e. The van der Waals surface area contributed by atoms with Crippen molar-refractivity contribution < 1.29 is 18.3 Å². The lowest BCUT2D eigenvalue weighted by molar-refractivity contribution is -0.116. The van der Waals surface area contributed by atoms with Crippen molar-refractivity contribution in [2.45, 2.75) is 20.0 Å². The molecule has 0 radical (unpaired) electrons. The summed E-state index contributed by atoms with van der Waals surface area (Å²) in [6, 6.07) is 6.06. The molecule has 1 amide bonds. The fourth-order valence-corrected chi connectivity index (χ4v) is 1.01. The minimum absolute atomic E-state index is 0.0331. The minimum atomic E-state index is -2.90. The summed E-state index contributed by atoms with van der Waals surface area (Å²) in [6.07, 6.45) is 0.281. The average Bonchev–Trinajstić information content (AvgIpc) is 2.20. The van der Waals surface area contributed by atoms with Crippen molar-refractivity contribution in [3.05, 3.63) is 24.3 Å². The molecule has 1 aromatic carbocycles. The van der Waals surface area contributed by atoms with Gasteiger partial charge in [-0.3, -0.25) is 4.79 Å². The normalized spacial score (nSPS) is 10.1. The Balaban J connectivity index is 2.81. The van der Waals surface area contributed by atoms with E-state index in [9.17, 15) is 13.6 Å². The maximum atomic E-state index is 12.0. The summed E-state index contributed by atoms with van der Waals surface area (Å²) in [5.41, 5.74) is 0.254. The standard InChI is InChI=1S/C10H11F2NO2/c1-2-9(14)13-7-5-3-4-6-8(7)15-10(11)12/h3-6,10H,2H2,1H3,(H,13,14). The number of hydrogen-bond donors (Lipinski definition) is 1. The van der Waals surface area contributed by atoms with Crippen LogP contribution in [-0.2, 0) is 4.79 Å². The number of carbonyl (C=O) groups excluding carboxylic acids is 1. The lowest BCUT2D eigenvalue weighted by Crippen LogP contribution is -2.12. The second kappa shape index (κ2) is 5.29. The highest BCUT2D eigenvalue weighted by molar-refractivity contribution is 5.91. The zero-order chi connectivity index (χ0) is 11.3. The number of benzene rings is 1. The number of rotatable bonds is 4. The van der Waals surface area contributed by atoms with Gasteiger partial charge in [0.05, 0.1) is 5.69 Å². The van der Waals surface area contributed by atoms with E-state index < -0.39 is 6.61 Å². The number of halogens is 2. The SMILES string of the molecule is CCC(=O)Nc1ccccc1OC(F)F. The van der Waals surface area contributed by atoms with Crippen LogP contribution < -0.4 is 10.1 Å². The van der Waals surface area contributed by atoms with Crippen molar-refractivity contribution >= 4 is 11.6 Å². The molecule has 1 N–H and O–H groups in total. The van der Waals surface area contributed by atoms with Crippen LogP contribution in [0.1, 0.15) is 13.3 Å². The van der Waals surface area contributed by atoms with Crippen LogP contribution in [0.25, 0.3) is 0 Å². The molecule has 82 valence electrons. The van der Waals surface area contributed by atoms with Gasteiger partial charge in [-0.1, -0.05) is 19.1 Å². The molecule has 0 aliphatic rings. The highest BCUT2D eigenvalue weighted by atomic mass is 19.3. The van der Waals surface area contributed by atoms with Crippen molar-refractivity contribution in [2.24, 2.45) is 0 Å². The fourth-order valence-electron chi connectivity index (χ4n) is 1.01. The lowest BCUT2D eigenvalue weighted by Gasteiger charge is -2.10. The molecule has 0 heterocycles. The van der Waals surface area contributed by atoms with Crippen molar-refractivity contribution in [3.63, 3.8) is 0 Å². The van der Waals surface area contributed by atoms with Gasteiger partial charge in [0.1, 0.15) is 5.75 Å². The predicted molar refractivity (Wildman–Crippen MR) is 52.0 cm³/mol. The Morgan fingerprint density at radius 2 is 2.13 bits per heavy atom. The van der Waals surface area contributed by atoms with Gasteiger partial charge in [-0.25, -0.2) is 0 Å². The van der Waals surface area contributed by atoms with Crippen LogP contribution in [0.5, 0.6) is 5.75 Å². The number of hydrogen-bond acceptors (Lipinski definition) is 2. The molecule has 0 fully saturated rings. The number of nitrogens with one attached hydrogen (secondary N) is 1. The van der Waals surface area contributed by atoms with Crippen LogP contribution in [-0.4, -0.2) is 12.5 Å². The highest BCUT2D eigenvalue weighted by Crippen LogP contribution is 2.25. The lowest BCUT2D eigenvalue weighted by atomic mass is 10.3. The van der Waals surface area contributed by atoms with Gasteiger partial charge in [-0.15, -0.1) is 0 Å². The molecule has 5 heteroatoms. The van der Waals surface area contributed by atoms with E-state index in [4.69, 9.17) is 0 Å². The quantitative estimate of drug-likeness (QED) is 0.838. The molecule has 0 aromatic heterocycles. The molecule has 1 aromatic rings. The van der Waals surface area contributed by atoms with Gasteiger partial charge in [0.2, 0.25) is 5.91 Å². The molecule has 3 nitrogen and oxygen atoms in total. The number of carbonyl (C=O) groups is 1. The number of para-hydroxylation sites is 2. The summed E-state index contributed by atoms with van der Waals surface area (Å²) >= 11 is 0. The summed E-state index contributed by atoms with van der Waals surface area (Å²) < 4.78 is 28.2. The van der Waals surface area contributed by atoms with E-state index in [1.165, 1.54) is 12.1 Å². The molecule has 0 aliphatic carbocycles. The maximum absolute atomic E-state index is 12.0. The Bertz CT molecular complexity index is 342. The molecule has 0 atom stereocenters. The first kappa shape index (κ1) is 11.4. The van der Waals surface area contributed by atoms with E-state index in [1.807, 2.05) is 0 Å². The largest absolute Gasteiger partial charge is 0.433 e. The van der Waals surface area contributed by atoms with Crippen LogP contribution in [0.4, 0.5) is 14.5 Å². The zero-order valence-electron chi connectivity index (χ0n) is 8.17. The first-order valence-corrected chi connectivity index (χ1v) is 4.47. The van der Waals surface area contributed by atoms with Crippen LogP contribution in [0.15, 0.2) is 24.3 Å². The van der Waals surface area contributed by atoms with E-state index in [2.05, 4.69) is 10.1 Å². The van der Waals surface area contributed by atoms with Crippen LogP contribution in [0, 0.1) is 0 Å². The second-order valence-electron chi connectivity index (χ2n) is 2.78. The summed E-state index contributed by atoms with van der Waals surface area (Å²) in [7, 11) is 0. The van der Waals surface area contributed by atoms with Crippen molar-refractivity contribution in [3.8, 4) is 5.75 Å². The third kappa shape index (κ3) is 3.53. The molecular formula is C10H11F2NO2. The predicted octanol–water partition coefficient (Wildman–Crippen LogP) is 2.64. The van der Waals surface area contributed by atoms with E-state index in [0.29, 0.717) is 0 Å². The smallest absolute Gasteiger partial charge is 0.387 e. The first-order chi connectivity index (χ1) is 7.13. The Morgan fingerprint density at radius 1 is 1.47 bits per heavy atom. The van der Waals surface area contributed by atoms with Gasteiger partial charge < -0.3 is 10.1 Å². The molecule has 15 heavy (non-hydrogen) atoms. The van der Waals surface area contributed by atoms with E-state index >= 15 is 0 Å². The Labute approximate surface area is 86.0 Å². The van der Waals surface area contributed by atoms with Gasteiger partial charge in [0.15, 0.2) is 0 Å². The number of anilines is 1. The third-order valence-corrected chi connectivity index (χ3v) is 1.70. The summed E-state index contributed by atoms with van der Waals surface area (Å²) in [5.74, 6) is -0.283. The van der Waals surface area contributed by atoms with E-state index in [1.54, 1.807) is 19.1 Å². The molecule has 0 aliphatic heterocycles. The molecule has 0 saturated heterocycles.